The Bertz CT molecular complexity index is 832. The standard InChI is InChI=1S/C23H31NO3/c1-4-5-6-9-12-24-23(25)13-16(2)18-14-19-17-10-7-8-11-20(17)27-22(19)15-21(18)26-3/h13-15H,4-12H2,1-3H3,(H,24,25)/b16-13+. The first-order chi connectivity index (χ1) is 13.1. The third-order valence-electron chi connectivity index (χ3n) is 5.38. The molecule has 27 heavy (non-hydrogen) atoms. The van der Waals surface area contributed by atoms with Crippen molar-refractivity contribution in [1.29, 1.82) is 0 Å². The molecule has 1 N–H and O–H groups in total. The lowest BCUT2D eigenvalue weighted by molar-refractivity contribution is -0.116. The zero-order valence-electron chi connectivity index (χ0n) is 16.8. The SMILES string of the molecule is CCCCCCNC(=O)/C=C(\C)c1cc2c3c(oc2cc1OC)CCCC3. The average Bonchev–Trinajstić information content (AvgIpc) is 3.04. The van der Waals surface area contributed by atoms with Crippen molar-refractivity contribution < 1.29 is 13.9 Å². The van der Waals surface area contributed by atoms with Gasteiger partial charge in [-0.25, -0.2) is 0 Å². The van der Waals surface area contributed by atoms with E-state index < -0.39 is 0 Å². The molecule has 0 atom stereocenters. The quantitative estimate of drug-likeness (QED) is 0.499. The average molecular weight is 370 g/mol. The molecule has 0 aliphatic heterocycles. The number of ether oxygens (including phenoxy) is 1. The van der Waals surface area contributed by atoms with Crippen molar-refractivity contribution in [3.63, 3.8) is 0 Å². The molecule has 4 heteroatoms. The van der Waals surface area contributed by atoms with Crippen LogP contribution in [0, 0.1) is 0 Å². The van der Waals surface area contributed by atoms with Gasteiger partial charge in [0.1, 0.15) is 17.1 Å². The van der Waals surface area contributed by atoms with Crippen LogP contribution in [0.15, 0.2) is 22.6 Å². The molecule has 146 valence electrons. The highest BCUT2D eigenvalue weighted by atomic mass is 16.5. The lowest BCUT2D eigenvalue weighted by Gasteiger charge is -2.11. The maximum Gasteiger partial charge on any atom is 0.244 e. The van der Waals surface area contributed by atoms with Crippen LogP contribution in [-0.4, -0.2) is 19.6 Å². The molecular weight excluding hydrogens is 338 g/mol. The molecule has 0 bridgehead atoms. The number of hydrogen-bond donors (Lipinski definition) is 1. The van der Waals surface area contributed by atoms with Gasteiger partial charge in [0.25, 0.3) is 0 Å². The van der Waals surface area contributed by atoms with E-state index in [2.05, 4.69) is 18.3 Å². The maximum absolute atomic E-state index is 12.3. The van der Waals surface area contributed by atoms with E-state index in [0.29, 0.717) is 0 Å². The Balaban J connectivity index is 1.80. The molecule has 1 heterocycles. The molecule has 1 aromatic heterocycles. The number of hydrogen-bond acceptors (Lipinski definition) is 3. The first-order valence-corrected chi connectivity index (χ1v) is 10.2. The van der Waals surface area contributed by atoms with Gasteiger partial charge < -0.3 is 14.5 Å². The van der Waals surface area contributed by atoms with Crippen LogP contribution < -0.4 is 10.1 Å². The van der Waals surface area contributed by atoms with Crippen LogP contribution in [0.25, 0.3) is 16.5 Å². The Morgan fingerprint density at radius 2 is 2.04 bits per heavy atom. The van der Waals surface area contributed by atoms with Crippen LogP contribution >= 0.6 is 0 Å². The van der Waals surface area contributed by atoms with Crippen LogP contribution in [0.5, 0.6) is 5.75 Å². The van der Waals surface area contributed by atoms with E-state index in [9.17, 15) is 4.79 Å². The van der Waals surface area contributed by atoms with E-state index in [1.54, 1.807) is 13.2 Å². The Hall–Kier alpha value is -2.23. The lowest BCUT2D eigenvalue weighted by Crippen LogP contribution is -2.22. The highest BCUT2D eigenvalue weighted by Crippen LogP contribution is 2.37. The molecule has 0 saturated carbocycles. The van der Waals surface area contributed by atoms with Gasteiger partial charge in [-0.15, -0.1) is 0 Å². The number of fused-ring (bicyclic) bond motifs is 3. The van der Waals surface area contributed by atoms with Crippen molar-refractivity contribution in [2.75, 3.05) is 13.7 Å². The number of aryl methyl sites for hydroxylation is 2. The zero-order valence-corrected chi connectivity index (χ0v) is 16.8. The fourth-order valence-electron chi connectivity index (χ4n) is 3.86. The minimum atomic E-state index is -0.0413. The topological polar surface area (TPSA) is 51.5 Å². The van der Waals surface area contributed by atoms with E-state index in [0.717, 1.165) is 65.8 Å². The van der Waals surface area contributed by atoms with Crippen molar-refractivity contribution >= 4 is 22.4 Å². The monoisotopic (exact) mass is 369 g/mol. The Kier molecular flexibility index (Phi) is 6.59. The van der Waals surface area contributed by atoms with E-state index in [1.165, 1.54) is 31.2 Å². The summed E-state index contributed by atoms with van der Waals surface area (Å²) in [6.07, 6.45) is 10.8. The van der Waals surface area contributed by atoms with Crippen molar-refractivity contribution in [2.24, 2.45) is 0 Å². The number of carbonyl (C=O) groups is 1. The van der Waals surface area contributed by atoms with E-state index in [4.69, 9.17) is 9.15 Å². The minimum absolute atomic E-state index is 0.0413. The van der Waals surface area contributed by atoms with Crippen LogP contribution in [0.1, 0.15) is 69.3 Å². The van der Waals surface area contributed by atoms with Gasteiger partial charge in [0.2, 0.25) is 5.91 Å². The van der Waals surface area contributed by atoms with Gasteiger partial charge in [0.15, 0.2) is 0 Å². The van der Waals surface area contributed by atoms with E-state index in [-0.39, 0.29) is 5.91 Å². The number of benzene rings is 1. The predicted octanol–water partition coefficient (Wildman–Crippen LogP) is 5.42. The van der Waals surface area contributed by atoms with Crippen molar-refractivity contribution in [2.45, 2.75) is 65.2 Å². The summed E-state index contributed by atoms with van der Waals surface area (Å²) in [6.45, 7) is 4.88. The third kappa shape index (κ3) is 4.55. The molecule has 1 amide bonds. The number of allylic oxidation sites excluding steroid dienone is 1. The van der Waals surface area contributed by atoms with Gasteiger partial charge in [-0.3, -0.25) is 4.79 Å². The first kappa shape index (κ1) is 19.5. The van der Waals surface area contributed by atoms with Crippen LogP contribution in [0.4, 0.5) is 0 Å². The highest BCUT2D eigenvalue weighted by Gasteiger charge is 2.20. The van der Waals surface area contributed by atoms with E-state index in [1.807, 2.05) is 13.0 Å². The molecule has 2 aromatic rings. The molecule has 1 aliphatic carbocycles. The molecule has 4 nitrogen and oxygen atoms in total. The normalized spacial score (nSPS) is 14.3. The number of methoxy groups -OCH3 is 1. The Morgan fingerprint density at radius 3 is 2.81 bits per heavy atom. The van der Waals surface area contributed by atoms with Gasteiger partial charge in [0.05, 0.1) is 7.11 Å². The van der Waals surface area contributed by atoms with Crippen molar-refractivity contribution in [3.8, 4) is 5.75 Å². The molecule has 0 spiro atoms. The fourth-order valence-corrected chi connectivity index (χ4v) is 3.86. The molecule has 3 rings (SSSR count). The number of carbonyl (C=O) groups excluding carboxylic acids is 1. The number of unbranched alkanes of at least 4 members (excludes halogenated alkanes) is 3. The molecule has 1 aliphatic rings. The van der Waals surface area contributed by atoms with Gasteiger partial charge >= 0.3 is 0 Å². The second-order valence-electron chi connectivity index (χ2n) is 7.44. The summed E-state index contributed by atoms with van der Waals surface area (Å²) in [5, 5.41) is 4.15. The molecule has 0 saturated heterocycles. The minimum Gasteiger partial charge on any atom is -0.496 e. The summed E-state index contributed by atoms with van der Waals surface area (Å²) in [5.41, 5.74) is 4.08. The second kappa shape index (κ2) is 9.12. The van der Waals surface area contributed by atoms with E-state index >= 15 is 0 Å². The lowest BCUT2D eigenvalue weighted by atomic mass is 9.94. The molecule has 1 aromatic carbocycles. The molecule has 0 radical (unpaired) electrons. The van der Waals surface area contributed by atoms with Crippen molar-refractivity contribution in [1.82, 2.24) is 5.32 Å². The number of nitrogens with one attached hydrogen (secondary N) is 1. The summed E-state index contributed by atoms with van der Waals surface area (Å²) in [6, 6.07) is 4.09. The Morgan fingerprint density at radius 1 is 1.22 bits per heavy atom. The van der Waals surface area contributed by atoms with Gasteiger partial charge in [-0.1, -0.05) is 26.2 Å². The summed E-state index contributed by atoms with van der Waals surface area (Å²) in [4.78, 5) is 12.3. The van der Waals surface area contributed by atoms with Crippen molar-refractivity contribution in [3.05, 3.63) is 35.1 Å². The largest absolute Gasteiger partial charge is 0.496 e. The summed E-state index contributed by atoms with van der Waals surface area (Å²) < 4.78 is 11.6. The maximum atomic E-state index is 12.3. The van der Waals surface area contributed by atoms with Gasteiger partial charge in [-0.05, 0) is 44.2 Å². The van der Waals surface area contributed by atoms with Gasteiger partial charge in [-0.2, -0.15) is 0 Å². The molecule has 0 fully saturated rings. The third-order valence-corrected chi connectivity index (χ3v) is 5.38. The molecular formula is C23H31NO3. The second-order valence-corrected chi connectivity index (χ2v) is 7.44. The van der Waals surface area contributed by atoms with Gasteiger partial charge in [0, 0.05) is 41.6 Å². The van der Waals surface area contributed by atoms with Crippen LogP contribution in [0.3, 0.4) is 0 Å². The number of furan rings is 1. The summed E-state index contributed by atoms with van der Waals surface area (Å²) >= 11 is 0. The Labute approximate surface area is 162 Å². The molecule has 0 unspecified atom stereocenters. The van der Waals surface area contributed by atoms with Crippen LogP contribution in [-0.2, 0) is 17.6 Å². The first-order valence-electron chi connectivity index (χ1n) is 10.2. The highest BCUT2D eigenvalue weighted by molar-refractivity contribution is 5.97. The summed E-state index contributed by atoms with van der Waals surface area (Å²) in [5.74, 6) is 1.82. The van der Waals surface area contributed by atoms with Crippen LogP contribution in [0.2, 0.25) is 0 Å². The predicted molar refractivity (Wildman–Crippen MR) is 110 cm³/mol. The number of amides is 1. The smallest absolute Gasteiger partial charge is 0.244 e. The fraction of sp³-hybridized carbons (Fsp3) is 0.522. The number of rotatable bonds is 8. The summed E-state index contributed by atoms with van der Waals surface area (Å²) in [7, 11) is 1.66. The zero-order chi connectivity index (χ0) is 19.2.